The number of hydrogen-bond acceptors (Lipinski definition) is 4. The van der Waals surface area contributed by atoms with Gasteiger partial charge in [0.05, 0.1) is 6.04 Å². The molecule has 1 aliphatic heterocycles. The average Bonchev–Trinajstić information content (AvgIpc) is 2.61. The topological polar surface area (TPSA) is 117 Å². The molecule has 0 aromatic carbocycles. The third-order valence-corrected chi connectivity index (χ3v) is 2.24. The number of ether oxygens (including phenoxy) is 1. The molecule has 7 heteroatoms. The highest BCUT2D eigenvalue weighted by atomic mass is 16.6. The van der Waals surface area contributed by atoms with E-state index in [0.29, 0.717) is 6.54 Å². The Hall–Kier alpha value is -1.79. The largest absolute Gasteiger partial charge is 0.481 e. The number of nitrogens with one attached hydrogen (secondary N) is 1. The minimum atomic E-state index is -0.833. The molecule has 0 aliphatic carbocycles. The molecule has 0 radical (unpaired) electrons. The van der Waals surface area contributed by atoms with Gasteiger partial charge in [-0.25, -0.2) is 4.79 Å². The van der Waals surface area contributed by atoms with Crippen LogP contribution in [0, 0.1) is 5.41 Å². The van der Waals surface area contributed by atoms with Gasteiger partial charge in [0.1, 0.15) is 11.4 Å². The third-order valence-electron chi connectivity index (χ3n) is 2.24. The van der Waals surface area contributed by atoms with E-state index in [9.17, 15) is 4.79 Å². The van der Waals surface area contributed by atoms with Crippen LogP contribution in [-0.2, 0) is 9.53 Å². The van der Waals surface area contributed by atoms with Crippen LogP contribution in [0.25, 0.3) is 0 Å². The highest BCUT2D eigenvalue weighted by Crippen LogP contribution is 2.20. The molecule has 1 saturated heterocycles. The summed E-state index contributed by atoms with van der Waals surface area (Å²) in [6.07, 6.45) is 1.26. The number of nitrogens with zero attached hydrogens (tertiary/aromatic N) is 1. The van der Waals surface area contributed by atoms with E-state index in [4.69, 9.17) is 25.8 Å². The van der Waals surface area contributed by atoms with Crippen molar-refractivity contribution in [2.24, 2.45) is 5.73 Å². The van der Waals surface area contributed by atoms with Gasteiger partial charge in [0, 0.05) is 13.5 Å². The van der Waals surface area contributed by atoms with Crippen molar-refractivity contribution in [2.75, 3.05) is 6.54 Å². The number of rotatable bonds is 1. The molecule has 1 amide bonds. The Morgan fingerprint density at radius 1 is 1.42 bits per heavy atom. The molecule has 1 aliphatic rings. The number of nitrogens with two attached hydrogens (primary N) is 1. The van der Waals surface area contributed by atoms with Gasteiger partial charge in [0.15, 0.2) is 0 Å². The lowest BCUT2D eigenvalue weighted by molar-refractivity contribution is -0.134. The van der Waals surface area contributed by atoms with Crippen LogP contribution in [0.3, 0.4) is 0 Å². The molecule has 19 heavy (non-hydrogen) atoms. The molecule has 0 unspecified atom stereocenters. The van der Waals surface area contributed by atoms with Gasteiger partial charge in [-0.2, -0.15) is 0 Å². The molecule has 0 aromatic rings. The second kappa shape index (κ2) is 6.96. The van der Waals surface area contributed by atoms with E-state index in [1.165, 1.54) is 4.90 Å². The van der Waals surface area contributed by atoms with Crippen molar-refractivity contribution in [3.8, 4) is 0 Å². The van der Waals surface area contributed by atoms with Crippen LogP contribution in [0.1, 0.15) is 40.5 Å². The monoisotopic (exact) mass is 273 g/mol. The van der Waals surface area contributed by atoms with E-state index in [-0.39, 0.29) is 18.0 Å². The number of hydrogen-bond donors (Lipinski definition) is 3. The van der Waals surface area contributed by atoms with E-state index in [2.05, 4.69) is 0 Å². The zero-order valence-electron chi connectivity index (χ0n) is 11.9. The van der Waals surface area contributed by atoms with Crippen molar-refractivity contribution in [3.63, 3.8) is 0 Å². The van der Waals surface area contributed by atoms with Crippen LogP contribution in [0.5, 0.6) is 0 Å². The maximum Gasteiger partial charge on any atom is 0.410 e. The Kier molecular flexibility index (Phi) is 6.31. The van der Waals surface area contributed by atoms with Gasteiger partial charge in [-0.3, -0.25) is 15.1 Å². The number of amides is 1. The fourth-order valence-corrected chi connectivity index (χ4v) is 1.63. The first-order valence-electron chi connectivity index (χ1n) is 6.07. The van der Waals surface area contributed by atoms with Gasteiger partial charge in [0.2, 0.25) is 0 Å². The van der Waals surface area contributed by atoms with Crippen molar-refractivity contribution < 1.29 is 19.4 Å². The maximum atomic E-state index is 11.7. The van der Waals surface area contributed by atoms with Crippen LogP contribution in [0.15, 0.2) is 0 Å². The van der Waals surface area contributed by atoms with Gasteiger partial charge in [0.25, 0.3) is 5.97 Å². The predicted molar refractivity (Wildman–Crippen MR) is 71.2 cm³/mol. The van der Waals surface area contributed by atoms with Crippen molar-refractivity contribution in [1.29, 1.82) is 5.41 Å². The first-order chi connectivity index (χ1) is 8.54. The Balaban J connectivity index is 0.000000711. The number of carbonyl (C=O) groups excluding carboxylic acids is 1. The highest BCUT2D eigenvalue weighted by Gasteiger charge is 2.33. The minimum Gasteiger partial charge on any atom is -0.481 e. The number of amidine groups is 1. The standard InChI is InChI=1S/C10H19N3O2.C2H4O2/c1-10(2,3)15-9(14)13-6-4-5-7(13)8(11)12;1-2(3)4/h7H,4-6H2,1-3H3,(H3,11,12);1H3,(H,3,4)/t7-;/m1./s1. The summed E-state index contributed by atoms with van der Waals surface area (Å²) in [4.78, 5) is 22.3. The van der Waals surface area contributed by atoms with Crippen molar-refractivity contribution in [2.45, 2.75) is 52.2 Å². The normalized spacial score (nSPS) is 18.3. The molecular formula is C12H23N3O4. The van der Waals surface area contributed by atoms with Crippen molar-refractivity contribution >= 4 is 17.9 Å². The Morgan fingerprint density at radius 3 is 2.26 bits per heavy atom. The van der Waals surface area contributed by atoms with E-state index >= 15 is 0 Å². The van der Waals surface area contributed by atoms with E-state index in [1.54, 1.807) is 0 Å². The molecule has 0 spiro atoms. The lowest BCUT2D eigenvalue weighted by atomic mass is 10.2. The molecule has 4 N–H and O–H groups in total. The molecule has 0 aromatic heterocycles. The first-order valence-corrected chi connectivity index (χ1v) is 6.07. The minimum absolute atomic E-state index is 0.0401. The smallest absolute Gasteiger partial charge is 0.410 e. The summed E-state index contributed by atoms with van der Waals surface area (Å²) in [5, 5.41) is 14.8. The van der Waals surface area contributed by atoms with Gasteiger partial charge in [-0.15, -0.1) is 0 Å². The second-order valence-electron chi connectivity index (χ2n) is 5.31. The maximum absolute atomic E-state index is 11.7. The Morgan fingerprint density at radius 2 is 1.89 bits per heavy atom. The molecule has 1 rings (SSSR count). The summed E-state index contributed by atoms with van der Waals surface area (Å²) in [6, 6.07) is -0.278. The van der Waals surface area contributed by atoms with E-state index < -0.39 is 11.6 Å². The number of carbonyl (C=O) groups is 2. The lowest BCUT2D eigenvalue weighted by Crippen LogP contribution is -2.45. The molecule has 110 valence electrons. The van der Waals surface area contributed by atoms with Crippen molar-refractivity contribution in [3.05, 3.63) is 0 Å². The van der Waals surface area contributed by atoms with Crippen LogP contribution in [-0.4, -0.2) is 46.1 Å². The summed E-state index contributed by atoms with van der Waals surface area (Å²) < 4.78 is 5.24. The predicted octanol–water partition coefficient (Wildman–Crippen LogP) is 1.41. The third kappa shape index (κ3) is 7.28. The SMILES string of the molecule is CC(=O)O.CC(C)(C)OC(=O)N1CCC[C@@H]1C(=N)N. The molecule has 1 heterocycles. The summed E-state index contributed by atoms with van der Waals surface area (Å²) in [5.41, 5.74) is 4.92. The van der Waals surface area contributed by atoms with Gasteiger partial charge < -0.3 is 15.6 Å². The quantitative estimate of drug-likeness (QED) is 0.493. The lowest BCUT2D eigenvalue weighted by Gasteiger charge is -2.27. The van der Waals surface area contributed by atoms with E-state index in [1.807, 2.05) is 20.8 Å². The van der Waals surface area contributed by atoms with Gasteiger partial charge in [-0.1, -0.05) is 0 Å². The number of carboxylic acid groups (broad SMARTS) is 1. The molecule has 7 nitrogen and oxygen atoms in total. The fraction of sp³-hybridized carbons (Fsp3) is 0.750. The first kappa shape index (κ1) is 17.2. The Bertz CT molecular complexity index is 345. The molecule has 0 bridgehead atoms. The zero-order valence-corrected chi connectivity index (χ0v) is 11.9. The number of aliphatic carboxylic acids is 1. The Labute approximate surface area is 113 Å². The van der Waals surface area contributed by atoms with Crippen LogP contribution in [0.4, 0.5) is 4.79 Å². The molecular weight excluding hydrogens is 250 g/mol. The van der Waals surface area contributed by atoms with Gasteiger partial charge in [-0.05, 0) is 33.6 Å². The number of likely N-dealkylation sites (tertiary alicyclic amines) is 1. The number of carboxylic acids is 1. The second-order valence-corrected chi connectivity index (χ2v) is 5.31. The summed E-state index contributed by atoms with van der Waals surface area (Å²) in [6.45, 7) is 7.18. The average molecular weight is 273 g/mol. The van der Waals surface area contributed by atoms with E-state index in [0.717, 1.165) is 19.8 Å². The highest BCUT2D eigenvalue weighted by molar-refractivity contribution is 5.87. The summed E-state index contributed by atoms with van der Waals surface area (Å²) in [5.74, 6) is -0.793. The van der Waals surface area contributed by atoms with Gasteiger partial charge >= 0.3 is 6.09 Å². The van der Waals surface area contributed by atoms with Crippen molar-refractivity contribution in [1.82, 2.24) is 4.90 Å². The van der Waals surface area contributed by atoms with Crippen LogP contribution >= 0.6 is 0 Å². The molecule has 1 atom stereocenters. The summed E-state index contributed by atoms with van der Waals surface area (Å²) in [7, 11) is 0. The fourth-order valence-electron chi connectivity index (χ4n) is 1.63. The molecule has 0 saturated carbocycles. The summed E-state index contributed by atoms with van der Waals surface area (Å²) >= 11 is 0. The molecule has 1 fully saturated rings. The zero-order chi connectivity index (χ0) is 15.2. The van der Waals surface area contributed by atoms with Crippen LogP contribution in [0.2, 0.25) is 0 Å². The van der Waals surface area contributed by atoms with Crippen LogP contribution < -0.4 is 5.73 Å².